The topological polar surface area (TPSA) is 18.5 Å². The first kappa shape index (κ1) is 16.9. The van der Waals surface area contributed by atoms with Crippen LogP contribution in [0.25, 0.3) is 32.7 Å². The molecule has 0 atom stereocenters. The van der Waals surface area contributed by atoms with E-state index in [1.54, 1.807) is 0 Å². The Labute approximate surface area is 171 Å². The fourth-order valence-electron chi connectivity index (χ4n) is 5.09. The summed E-state index contributed by atoms with van der Waals surface area (Å²) in [7, 11) is 0. The first-order valence-electron chi connectivity index (χ1n) is 10.8. The summed E-state index contributed by atoms with van der Waals surface area (Å²) in [5, 5.41) is 4.89. The molecule has 4 aromatic carbocycles. The highest BCUT2D eigenvalue weighted by Crippen LogP contribution is 2.48. The first-order chi connectivity index (χ1) is 14.4. The highest BCUT2D eigenvalue weighted by atomic mass is 16.7. The molecule has 1 heterocycles. The summed E-state index contributed by atoms with van der Waals surface area (Å²) >= 11 is 0. The monoisotopic (exact) mass is 380 g/mol. The second-order valence-electron chi connectivity index (χ2n) is 8.32. The molecule has 1 aliphatic carbocycles. The number of hydrogen-bond acceptors (Lipinski definition) is 2. The van der Waals surface area contributed by atoms with Gasteiger partial charge < -0.3 is 9.47 Å². The van der Waals surface area contributed by atoms with Crippen LogP contribution in [0.3, 0.4) is 0 Å². The Hall–Kier alpha value is -3.00. The maximum Gasteiger partial charge on any atom is 0.243 e. The van der Waals surface area contributed by atoms with E-state index in [1.807, 2.05) is 0 Å². The number of rotatable bonds is 1. The third-order valence-electron chi connectivity index (χ3n) is 6.55. The fraction of sp³-hybridized carbons (Fsp3) is 0.259. The SMILES string of the molecule is c1ccc2c3c(ccc2c1)OC(C1CCCCC1)Oc1ccc2ccccc2c1-3. The van der Waals surface area contributed by atoms with Gasteiger partial charge in [0.15, 0.2) is 0 Å². The van der Waals surface area contributed by atoms with E-state index in [4.69, 9.17) is 9.47 Å². The van der Waals surface area contributed by atoms with Gasteiger partial charge in [-0.3, -0.25) is 0 Å². The lowest BCUT2D eigenvalue weighted by molar-refractivity contribution is -0.0488. The van der Waals surface area contributed by atoms with Crippen LogP contribution < -0.4 is 9.47 Å². The summed E-state index contributed by atoms with van der Waals surface area (Å²) in [6.45, 7) is 0. The molecule has 1 saturated carbocycles. The van der Waals surface area contributed by atoms with Crippen molar-refractivity contribution in [2.45, 2.75) is 38.4 Å². The van der Waals surface area contributed by atoms with Crippen molar-refractivity contribution in [1.29, 1.82) is 0 Å². The molecule has 2 nitrogen and oxygen atoms in total. The van der Waals surface area contributed by atoms with Crippen molar-refractivity contribution in [1.82, 2.24) is 0 Å². The van der Waals surface area contributed by atoms with Gasteiger partial charge in [-0.25, -0.2) is 0 Å². The average Bonchev–Trinajstić information content (AvgIpc) is 2.97. The Bertz CT molecular complexity index is 1120. The van der Waals surface area contributed by atoms with Gasteiger partial charge >= 0.3 is 0 Å². The minimum Gasteiger partial charge on any atom is -0.454 e. The number of hydrogen-bond donors (Lipinski definition) is 0. The van der Waals surface area contributed by atoms with Crippen molar-refractivity contribution in [2.24, 2.45) is 5.92 Å². The normalized spacial score (nSPS) is 17.2. The summed E-state index contributed by atoms with van der Waals surface area (Å²) in [6, 6.07) is 25.8. The molecule has 0 radical (unpaired) electrons. The maximum absolute atomic E-state index is 6.61. The Morgan fingerprint density at radius 2 is 1.07 bits per heavy atom. The highest BCUT2D eigenvalue weighted by Gasteiger charge is 2.32. The van der Waals surface area contributed by atoms with E-state index in [-0.39, 0.29) is 6.29 Å². The second kappa shape index (κ2) is 6.81. The van der Waals surface area contributed by atoms with Gasteiger partial charge in [-0.05, 0) is 46.5 Å². The van der Waals surface area contributed by atoms with Crippen LogP contribution >= 0.6 is 0 Å². The van der Waals surface area contributed by atoms with Gasteiger partial charge in [0, 0.05) is 17.0 Å². The molecule has 29 heavy (non-hydrogen) atoms. The van der Waals surface area contributed by atoms with Crippen LogP contribution in [-0.2, 0) is 0 Å². The van der Waals surface area contributed by atoms with E-state index in [0.717, 1.165) is 22.6 Å². The zero-order valence-corrected chi connectivity index (χ0v) is 16.4. The molecule has 0 unspecified atom stereocenters. The molecule has 1 aliphatic heterocycles. The maximum atomic E-state index is 6.61. The van der Waals surface area contributed by atoms with Crippen LogP contribution in [-0.4, -0.2) is 6.29 Å². The van der Waals surface area contributed by atoms with E-state index < -0.39 is 0 Å². The standard InChI is InChI=1S/C27H24O2/c1-2-10-20(11-3-1)27-28-23-16-14-18-8-4-6-12-21(18)25(23)26-22-13-7-5-9-19(22)15-17-24(26)29-27/h4-9,12-17,20,27H,1-3,10-11H2. The van der Waals surface area contributed by atoms with E-state index in [2.05, 4.69) is 72.8 Å². The molecule has 2 aliphatic rings. The van der Waals surface area contributed by atoms with Crippen molar-refractivity contribution in [2.75, 3.05) is 0 Å². The van der Waals surface area contributed by atoms with E-state index in [9.17, 15) is 0 Å². The molecule has 0 bridgehead atoms. The first-order valence-corrected chi connectivity index (χ1v) is 10.8. The van der Waals surface area contributed by atoms with Crippen molar-refractivity contribution in [3.05, 3.63) is 72.8 Å². The summed E-state index contributed by atoms with van der Waals surface area (Å²) in [5.74, 6) is 2.32. The van der Waals surface area contributed by atoms with Gasteiger partial charge in [-0.2, -0.15) is 0 Å². The number of ether oxygens (including phenoxy) is 2. The van der Waals surface area contributed by atoms with Crippen LogP contribution in [0, 0.1) is 5.92 Å². The second-order valence-corrected chi connectivity index (χ2v) is 8.32. The molecule has 0 aromatic heterocycles. The highest BCUT2D eigenvalue weighted by molar-refractivity contribution is 6.09. The van der Waals surface area contributed by atoms with Crippen molar-refractivity contribution in [3.8, 4) is 22.6 Å². The molecule has 144 valence electrons. The van der Waals surface area contributed by atoms with Gasteiger partial charge in [0.05, 0.1) is 0 Å². The smallest absolute Gasteiger partial charge is 0.243 e. The minimum absolute atomic E-state index is 0.224. The van der Waals surface area contributed by atoms with Crippen molar-refractivity contribution < 1.29 is 9.47 Å². The summed E-state index contributed by atoms with van der Waals surface area (Å²) < 4.78 is 13.2. The number of benzene rings is 4. The molecule has 1 fully saturated rings. The molecule has 0 N–H and O–H groups in total. The predicted molar refractivity (Wildman–Crippen MR) is 119 cm³/mol. The molecule has 0 amide bonds. The van der Waals surface area contributed by atoms with Crippen LogP contribution in [0.2, 0.25) is 0 Å². The van der Waals surface area contributed by atoms with Crippen LogP contribution in [0.4, 0.5) is 0 Å². The largest absolute Gasteiger partial charge is 0.454 e. The van der Waals surface area contributed by atoms with Crippen LogP contribution in [0.1, 0.15) is 32.1 Å². The summed E-state index contributed by atoms with van der Waals surface area (Å²) in [4.78, 5) is 0. The third kappa shape index (κ3) is 2.78. The molecule has 0 spiro atoms. The van der Waals surface area contributed by atoms with Gasteiger partial charge in [-0.1, -0.05) is 79.9 Å². The Morgan fingerprint density at radius 3 is 1.62 bits per heavy atom. The third-order valence-corrected chi connectivity index (χ3v) is 6.55. The molecule has 0 saturated heterocycles. The number of fused-ring (bicyclic) bond motifs is 7. The Balaban J connectivity index is 1.65. The van der Waals surface area contributed by atoms with E-state index in [1.165, 1.54) is 53.6 Å². The molecular weight excluding hydrogens is 356 g/mol. The lowest BCUT2D eigenvalue weighted by atomic mass is 9.89. The van der Waals surface area contributed by atoms with Gasteiger partial charge in [0.25, 0.3) is 0 Å². The van der Waals surface area contributed by atoms with E-state index >= 15 is 0 Å². The van der Waals surface area contributed by atoms with Gasteiger partial charge in [0.1, 0.15) is 11.5 Å². The van der Waals surface area contributed by atoms with Crippen molar-refractivity contribution in [3.63, 3.8) is 0 Å². The lowest BCUT2D eigenvalue weighted by Gasteiger charge is -2.29. The Morgan fingerprint density at radius 1 is 0.552 bits per heavy atom. The van der Waals surface area contributed by atoms with E-state index in [0.29, 0.717) is 5.92 Å². The summed E-state index contributed by atoms with van der Waals surface area (Å²) in [5.41, 5.74) is 2.32. The quantitative estimate of drug-likeness (QED) is 0.344. The molecule has 6 rings (SSSR count). The lowest BCUT2D eigenvalue weighted by Crippen LogP contribution is -2.33. The van der Waals surface area contributed by atoms with Crippen LogP contribution in [0.5, 0.6) is 11.5 Å². The average molecular weight is 380 g/mol. The zero-order valence-electron chi connectivity index (χ0n) is 16.4. The summed E-state index contributed by atoms with van der Waals surface area (Å²) in [6.07, 6.45) is 5.99. The predicted octanol–water partition coefficient (Wildman–Crippen LogP) is 7.34. The van der Waals surface area contributed by atoms with Gasteiger partial charge in [-0.15, -0.1) is 0 Å². The molecular formula is C27H24O2. The van der Waals surface area contributed by atoms with Crippen LogP contribution in [0.15, 0.2) is 72.8 Å². The zero-order chi connectivity index (χ0) is 19.2. The van der Waals surface area contributed by atoms with Crippen molar-refractivity contribution >= 4 is 21.5 Å². The van der Waals surface area contributed by atoms with Gasteiger partial charge in [0.2, 0.25) is 6.29 Å². The molecule has 4 aromatic rings. The minimum atomic E-state index is -0.224. The Kier molecular flexibility index (Phi) is 3.97. The fourth-order valence-corrected chi connectivity index (χ4v) is 5.09. The molecule has 2 heteroatoms.